The molecule has 0 unspecified atom stereocenters. The molecule has 0 saturated carbocycles. The fourth-order valence-corrected chi connectivity index (χ4v) is 1.94. The Hall–Kier alpha value is -2.36. The number of pyridine rings is 1. The van der Waals surface area contributed by atoms with E-state index in [1.165, 1.54) is 6.20 Å². The van der Waals surface area contributed by atoms with E-state index in [2.05, 4.69) is 18.8 Å². The van der Waals surface area contributed by atoms with E-state index >= 15 is 0 Å². The van der Waals surface area contributed by atoms with Crippen molar-refractivity contribution in [2.24, 2.45) is 0 Å². The fourth-order valence-electron chi connectivity index (χ4n) is 1.94. The minimum absolute atomic E-state index is 0.159. The highest BCUT2D eigenvalue weighted by atomic mass is 16.5. The lowest BCUT2D eigenvalue weighted by atomic mass is 10.0. The molecule has 1 aromatic carbocycles. The van der Waals surface area contributed by atoms with Crippen molar-refractivity contribution in [1.29, 1.82) is 0 Å². The summed E-state index contributed by atoms with van der Waals surface area (Å²) >= 11 is 0. The van der Waals surface area contributed by atoms with E-state index in [1.807, 2.05) is 24.3 Å². The number of aromatic nitrogens is 1. The van der Waals surface area contributed by atoms with Gasteiger partial charge in [-0.2, -0.15) is 0 Å². The second-order valence-electron chi connectivity index (χ2n) is 4.95. The van der Waals surface area contributed by atoms with Gasteiger partial charge in [-0.3, -0.25) is 0 Å². The lowest BCUT2D eigenvalue weighted by Gasteiger charge is -2.14. The minimum atomic E-state index is -0.991. The molecule has 0 aliphatic carbocycles. The van der Waals surface area contributed by atoms with Crippen LogP contribution in [-0.4, -0.2) is 16.1 Å². The second-order valence-corrected chi connectivity index (χ2v) is 4.95. The summed E-state index contributed by atoms with van der Waals surface area (Å²) in [4.78, 5) is 15.0. The van der Waals surface area contributed by atoms with Crippen molar-refractivity contribution in [3.8, 4) is 11.6 Å². The monoisotopic (exact) mass is 271 g/mol. The zero-order chi connectivity index (χ0) is 14.7. The number of aromatic carboxylic acids is 1. The van der Waals surface area contributed by atoms with Gasteiger partial charge in [-0.1, -0.05) is 32.0 Å². The summed E-state index contributed by atoms with van der Waals surface area (Å²) in [6.45, 7) is 5.97. The van der Waals surface area contributed by atoms with Gasteiger partial charge in [0.05, 0.1) is 5.56 Å². The average Bonchev–Trinajstić information content (AvgIpc) is 2.41. The van der Waals surface area contributed by atoms with Crippen molar-refractivity contribution in [2.45, 2.75) is 26.7 Å². The van der Waals surface area contributed by atoms with Gasteiger partial charge in [-0.15, -0.1) is 0 Å². The maximum absolute atomic E-state index is 10.9. The van der Waals surface area contributed by atoms with Crippen LogP contribution >= 0.6 is 0 Å². The van der Waals surface area contributed by atoms with Gasteiger partial charge in [0.25, 0.3) is 0 Å². The molecule has 1 aromatic heterocycles. The van der Waals surface area contributed by atoms with Crippen LogP contribution in [0.3, 0.4) is 0 Å². The molecule has 4 nitrogen and oxygen atoms in total. The van der Waals surface area contributed by atoms with Gasteiger partial charge in [0.15, 0.2) is 0 Å². The van der Waals surface area contributed by atoms with Gasteiger partial charge >= 0.3 is 5.97 Å². The molecule has 0 saturated heterocycles. The number of hydrogen-bond acceptors (Lipinski definition) is 3. The first-order valence-electron chi connectivity index (χ1n) is 6.45. The maximum Gasteiger partial charge on any atom is 0.337 e. The molecular formula is C16H17NO3. The molecule has 0 aliphatic heterocycles. The topological polar surface area (TPSA) is 59.4 Å². The van der Waals surface area contributed by atoms with Crippen molar-refractivity contribution < 1.29 is 14.6 Å². The summed E-state index contributed by atoms with van der Waals surface area (Å²) in [6.07, 6.45) is 1.31. The predicted molar refractivity (Wildman–Crippen MR) is 76.5 cm³/mol. The molecule has 0 amide bonds. The average molecular weight is 271 g/mol. The lowest BCUT2D eigenvalue weighted by Crippen LogP contribution is -2.01. The van der Waals surface area contributed by atoms with Crippen LogP contribution in [0.2, 0.25) is 0 Å². The Balaban J connectivity index is 2.33. The number of nitrogens with zero attached hydrogens (tertiary/aromatic N) is 1. The van der Waals surface area contributed by atoms with Gasteiger partial charge in [0.1, 0.15) is 5.75 Å². The molecule has 1 N–H and O–H groups in total. The minimum Gasteiger partial charge on any atom is -0.478 e. The molecule has 0 atom stereocenters. The highest BCUT2D eigenvalue weighted by Gasteiger charge is 2.12. The number of hydrogen-bond donors (Lipinski definition) is 1. The van der Waals surface area contributed by atoms with Crippen LogP contribution in [0.15, 0.2) is 36.5 Å². The molecule has 0 bridgehead atoms. The molecule has 20 heavy (non-hydrogen) atoms. The number of ether oxygens (including phenoxy) is 1. The van der Waals surface area contributed by atoms with Crippen LogP contribution < -0.4 is 4.74 Å². The fraction of sp³-hybridized carbons (Fsp3) is 0.250. The van der Waals surface area contributed by atoms with E-state index in [-0.39, 0.29) is 5.56 Å². The number of para-hydroxylation sites is 1. The Morgan fingerprint density at radius 2 is 2.00 bits per heavy atom. The molecule has 0 spiro atoms. The van der Waals surface area contributed by atoms with Crippen molar-refractivity contribution >= 4 is 5.97 Å². The third-order valence-electron chi connectivity index (χ3n) is 3.02. The second kappa shape index (κ2) is 5.74. The first-order valence-corrected chi connectivity index (χ1v) is 6.45. The molecular weight excluding hydrogens is 254 g/mol. The summed E-state index contributed by atoms with van der Waals surface area (Å²) < 4.78 is 5.83. The van der Waals surface area contributed by atoms with Crippen LogP contribution in [0, 0.1) is 6.92 Å². The number of carboxylic acid groups (broad SMARTS) is 1. The third kappa shape index (κ3) is 2.96. The van der Waals surface area contributed by atoms with E-state index < -0.39 is 5.97 Å². The first-order chi connectivity index (χ1) is 9.49. The van der Waals surface area contributed by atoms with E-state index in [1.54, 1.807) is 13.0 Å². The standard InChI is InChI=1S/C16H17NO3/c1-10(2)13-6-4-5-7-14(13)20-15-11(3)8-12(9-17-15)16(18)19/h4-10H,1-3H3,(H,18,19). The Bertz CT molecular complexity index is 635. The van der Waals surface area contributed by atoms with E-state index in [0.717, 1.165) is 11.3 Å². The third-order valence-corrected chi connectivity index (χ3v) is 3.02. The molecule has 4 heteroatoms. The largest absolute Gasteiger partial charge is 0.478 e. The van der Waals surface area contributed by atoms with Crippen LogP contribution in [0.25, 0.3) is 0 Å². The van der Waals surface area contributed by atoms with Gasteiger partial charge in [0.2, 0.25) is 5.88 Å². The first kappa shape index (κ1) is 14.1. The summed E-state index contributed by atoms with van der Waals surface area (Å²) in [5, 5.41) is 8.93. The summed E-state index contributed by atoms with van der Waals surface area (Å²) in [6, 6.07) is 9.34. The molecule has 0 radical (unpaired) electrons. The number of carbonyl (C=O) groups is 1. The Morgan fingerprint density at radius 1 is 1.30 bits per heavy atom. The Kier molecular flexibility index (Phi) is 4.03. The number of carboxylic acids is 1. The van der Waals surface area contributed by atoms with Gasteiger partial charge < -0.3 is 9.84 Å². The van der Waals surface area contributed by atoms with E-state index in [0.29, 0.717) is 17.4 Å². The van der Waals surface area contributed by atoms with Crippen molar-refractivity contribution in [2.75, 3.05) is 0 Å². The van der Waals surface area contributed by atoms with Gasteiger partial charge in [0, 0.05) is 11.8 Å². The van der Waals surface area contributed by atoms with Crippen LogP contribution in [0.4, 0.5) is 0 Å². The van der Waals surface area contributed by atoms with Crippen LogP contribution in [0.1, 0.15) is 41.3 Å². The molecule has 2 aromatic rings. The Morgan fingerprint density at radius 3 is 2.60 bits per heavy atom. The molecule has 1 heterocycles. The number of rotatable bonds is 4. The van der Waals surface area contributed by atoms with Crippen LogP contribution in [0.5, 0.6) is 11.6 Å². The van der Waals surface area contributed by atoms with Crippen LogP contribution in [-0.2, 0) is 0 Å². The molecule has 0 aliphatic rings. The normalized spacial score (nSPS) is 10.6. The lowest BCUT2D eigenvalue weighted by molar-refractivity contribution is 0.0696. The quantitative estimate of drug-likeness (QED) is 0.912. The van der Waals surface area contributed by atoms with Crippen molar-refractivity contribution in [1.82, 2.24) is 4.98 Å². The SMILES string of the molecule is Cc1cc(C(=O)O)cnc1Oc1ccccc1C(C)C. The smallest absolute Gasteiger partial charge is 0.337 e. The van der Waals surface area contributed by atoms with Gasteiger partial charge in [-0.05, 0) is 30.5 Å². The van der Waals surface area contributed by atoms with E-state index in [4.69, 9.17) is 9.84 Å². The highest BCUT2D eigenvalue weighted by Crippen LogP contribution is 2.30. The molecule has 2 rings (SSSR count). The van der Waals surface area contributed by atoms with Gasteiger partial charge in [-0.25, -0.2) is 9.78 Å². The summed E-state index contributed by atoms with van der Waals surface area (Å²) in [5.74, 6) is 0.531. The summed E-state index contributed by atoms with van der Waals surface area (Å²) in [5.41, 5.74) is 1.95. The zero-order valence-electron chi connectivity index (χ0n) is 11.8. The molecule has 104 valence electrons. The Labute approximate surface area is 118 Å². The zero-order valence-corrected chi connectivity index (χ0v) is 11.8. The number of benzene rings is 1. The summed E-state index contributed by atoms with van der Waals surface area (Å²) in [7, 11) is 0. The highest BCUT2D eigenvalue weighted by molar-refractivity contribution is 5.87. The van der Waals surface area contributed by atoms with Crippen molar-refractivity contribution in [3.63, 3.8) is 0 Å². The number of aryl methyl sites for hydroxylation is 1. The predicted octanol–water partition coefficient (Wildman–Crippen LogP) is 4.00. The van der Waals surface area contributed by atoms with Crippen molar-refractivity contribution in [3.05, 3.63) is 53.2 Å². The molecule has 0 fully saturated rings. The maximum atomic E-state index is 10.9. The van der Waals surface area contributed by atoms with E-state index in [9.17, 15) is 4.79 Å².